The Hall–Kier alpha value is -1.88. The summed E-state index contributed by atoms with van der Waals surface area (Å²) in [5, 5.41) is 13.3. The largest absolute Gasteiger partial charge is 0.390 e. The Morgan fingerprint density at radius 3 is 1.88 bits per heavy atom. The molecule has 1 aliphatic heterocycles. The van der Waals surface area contributed by atoms with Gasteiger partial charge in [-0.25, -0.2) is 0 Å². The summed E-state index contributed by atoms with van der Waals surface area (Å²) in [5.41, 5.74) is 2.41. The minimum atomic E-state index is -0.354. The second-order valence-electron chi connectivity index (χ2n) is 7.03. The van der Waals surface area contributed by atoms with E-state index >= 15 is 0 Å². The molecule has 1 atom stereocenters. The van der Waals surface area contributed by atoms with Crippen LogP contribution in [-0.4, -0.2) is 64.8 Å². The molecule has 4 rings (SSSR count). The topological polar surface area (TPSA) is 31.6 Å². The van der Waals surface area contributed by atoms with E-state index in [1.807, 2.05) is 0 Å². The Kier molecular flexibility index (Phi) is 4.75. The zero-order valence-corrected chi connectivity index (χ0v) is 14.9. The summed E-state index contributed by atoms with van der Waals surface area (Å²) in [6, 6.07) is 17.0. The summed E-state index contributed by atoms with van der Waals surface area (Å²) in [6.45, 7) is 9.05. The number of para-hydroxylation sites is 2. The van der Waals surface area contributed by atoms with E-state index in [2.05, 4.69) is 69.8 Å². The second kappa shape index (κ2) is 7.16. The van der Waals surface area contributed by atoms with E-state index < -0.39 is 0 Å². The maximum atomic E-state index is 10.7. The number of aliphatic hydroxyl groups excluding tert-OH is 1. The van der Waals surface area contributed by atoms with Crippen LogP contribution < -0.4 is 0 Å². The van der Waals surface area contributed by atoms with Crippen LogP contribution in [0.3, 0.4) is 0 Å². The molecule has 0 amide bonds. The van der Waals surface area contributed by atoms with Gasteiger partial charge in [0.25, 0.3) is 0 Å². The van der Waals surface area contributed by atoms with E-state index in [-0.39, 0.29) is 6.10 Å². The number of piperazine rings is 1. The van der Waals surface area contributed by atoms with E-state index in [1.165, 1.54) is 21.8 Å². The predicted octanol–water partition coefficient (Wildman–Crippen LogP) is 2.79. The number of aromatic nitrogens is 1. The molecule has 4 nitrogen and oxygen atoms in total. The van der Waals surface area contributed by atoms with Gasteiger partial charge in [-0.05, 0) is 18.7 Å². The molecule has 0 saturated carbocycles. The van der Waals surface area contributed by atoms with Crippen molar-refractivity contribution in [1.29, 1.82) is 0 Å². The van der Waals surface area contributed by atoms with Gasteiger partial charge in [-0.1, -0.05) is 43.3 Å². The molecule has 2 aromatic carbocycles. The van der Waals surface area contributed by atoms with E-state index in [0.29, 0.717) is 6.54 Å². The number of β-amino-alcohol motifs (C(OH)–C–C–N with tert-alkyl or cyclic N) is 1. The lowest BCUT2D eigenvalue weighted by molar-refractivity contribution is 0.0671. The molecule has 0 bridgehead atoms. The summed E-state index contributed by atoms with van der Waals surface area (Å²) in [4.78, 5) is 4.86. The van der Waals surface area contributed by atoms with E-state index in [9.17, 15) is 5.11 Å². The van der Waals surface area contributed by atoms with Crippen LogP contribution >= 0.6 is 0 Å². The van der Waals surface area contributed by atoms with Gasteiger partial charge in [0.05, 0.1) is 12.6 Å². The minimum absolute atomic E-state index is 0.354. The van der Waals surface area contributed by atoms with Gasteiger partial charge in [-0.3, -0.25) is 4.90 Å². The molecule has 1 N–H and O–H groups in total. The third kappa shape index (κ3) is 3.30. The number of fused-ring (bicyclic) bond motifs is 3. The van der Waals surface area contributed by atoms with Crippen LogP contribution in [0.5, 0.6) is 0 Å². The number of benzene rings is 2. The Morgan fingerprint density at radius 2 is 1.32 bits per heavy atom. The van der Waals surface area contributed by atoms with Crippen LogP contribution in [0, 0.1) is 0 Å². The lowest BCUT2D eigenvalue weighted by Crippen LogP contribution is -2.48. The van der Waals surface area contributed by atoms with Crippen molar-refractivity contribution in [3.63, 3.8) is 0 Å². The summed E-state index contributed by atoms with van der Waals surface area (Å²) in [7, 11) is 0. The average molecular weight is 337 g/mol. The lowest BCUT2D eigenvalue weighted by Gasteiger charge is -2.35. The highest BCUT2D eigenvalue weighted by Crippen LogP contribution is 2.28. The number of likely N-dealkylation sites (N-methyl/N-ethyl adjacent to an activating group) is 1. The minimum Gasteiger partial charge on any atom is -0.390 e. The summed E-state index contributed by atoms with van der Waals surface area (Å²) in [6.07, 6.45) is -0.354. The molecule has 1 fully saturated rings. The fraction of sp³-hybridized carbons (Fsp3) is 0.429. The molecule has 132 valence electrons. The molecule has 4 heteroatoms. The SMILES string of the molecule is CCN1CCN(C[C@@H](O)Cn2c3ccccc3c3ccccc32)CC1. The molecule has 2 heterocycles. The first-order valence-corrected chi connectivity index (χ1v) is 9.35. The van der Waals surface area contributed by atoms with Gasteiger partial charge in [0.2, 0.25) is 0 Å². The molecule has 0 spiro atoms. The lowest BCUT2D eigenvalue weighted by atomic mass is 10.2. The molecule has 3 aromatic rings. The molecule has 25 heavy (non-hydrogen) atoms. The van der Waals surface area contributed by atoms with Gasteiger partial charge < -0.3 is 14.6 Å². The first-order chi connectivity index (χ1) is 12.3. The monoisotopic (exact) mass is 337 g/mol. The molecule has 1 aromatic heterocycles. The molecule has 1 saturated heterocycles. The van der Waals surface area contributed by atoms with Crippen molar-refractivity contribution >= 4 is 21.8 Å². The normalized spacial score (nSPS) is 18.2. The summed E-state index contributed by atoms with van der Waals surface area (Å²) >= 11 is 0. The number of rotatable bonds is 5. The average Bonchev–Trinajstić information content (AvgIpc) is 2.97. The van der Waals surface area contributed by atoms with Crippen LogP contribution in [-0.2, 0) is 6.54 Å². The fourth-order valence-electron chi connectivity index (χ4n) is 4.05. The first-order valence-electron chi connectivity index (χ1n) is 9.35. The summed E-state index contributed by atoms with van der Waals surface area (Å²) < 4.78 is 2.28. The molecule has 0 unspecified atom stereocenters. The Balaban J connectivity index is 1.54. The Labute approximate surface area is 149 Å². The first kappa shape index (κ1) is 16.6. The van der Waals surface area contributed by atoms with Gasteiger partial charge in [-0.15, -0.1) is 0 Å². The second-order valence-corrected chi connectivity index (χ2v) is 7.03. The number of aliphatic hydroxyl groups is 1. The van der Waals surface area contributed by atoms with Crippen LogP contribution in [0.1, 0.15) is 6.92 Å². The van der Waals surface area contributed by atoms with Crippen molar-refractivity contribution < 1.29 is 5.11 Å². The van der Waals surface area contributed by atoms with E-state index in [0.717, 1.165) is 39.3 Å². The van der Waals surface area contributed by atoms with Crippen molar-refractivity contribution in [1.82, 2.24) is 14.4 Å². The number of hydrogen-bond acceptors (Lipinski definition) is 3. The number of nitrogens with zero attached hydrogens (tertiary/aromatic N) is 3. The van der Waals surface area contributed by atoms with Crippen molar-refractivity contribution in [2.45, 2.75) is 19.6 Å². The van der Waals surface area contributed by atoms with Gasteiger partial charge in [0.15, 0.2) is 0 Å². The van der Waals surface area contributed by atoms with Crippen molar-refractivity contribution in [3.8, 4) is 0 Å². The zero-order valence-electron chi connectivity index (χ0n) is 14.9. The van der Waals surface area contributed by atoms with E-state index in [4.69, 9.17) is 0 Å². The fourth-order valence-corrected chi connectivity index (χ4v) is 4.05. The Bertz CT molecular complexity index is 795. The highest BCUT2D eigenvalue weighted by Gasteiger charge is 2.19. The molecule has 0 radical (unpaired) electrons. The molecular weight excluding hydrogens is 310 g/mol. The quantitative estimate of drug-likeness (QED) is 0.777. The number of hydrogen-bond donors (Lipinski definition) is 1. The van der Waals surface area contributed by atoms with Gasteiger partial charge in [-0.2, -0.15) is 0 Å². The van der Waals surface area contributed by atoms with Crippen molar-refractivity contribution in [2.75, 3.05) is 39.3 Å². The van der Waals surface area contributed by atoms with Crippen LogP contribution in [0.2, 0.25) is 0 Å². The predicted molar refractivity (Wildman–Crippen MR) is 104 cm³/mol. The summed E-state index contributed by atoms with van der Waals surface area (Å²) in [5.74, 6) is 0. The molecule has 1 aliphatic rings. The van der Waals surface area contributed by atoms with Crippen LogP contribution in [0.4, 0.5) is 0 Å². The van der Waals surface area contributed by atoms with Gasteiger partial charge >= 0.3 is 0 Å². The van der Waals surface area contributed by atoms with Crippen LogP contribution in [0.25, 0.3) is 21.8 Å². The molecular formula is C21H27N3O. The molecule has 0 aliphatic carbocycles. The van der Waals surface area contributed by atoms with Crippen molar-refractivity contribution in [2.24, 2.45) is 0 Å². The van der Waals surface area contributed by atoms with Gasteiger partial charge in [0.1, 0.15) is 0 Å². The third-order valence-corrected chi connectivity index (χ3v) is 5.45. The Morgan fingerprint density at radius 1 is 0.800 bits per heavy atom. The standard InChI is InChI=1S/C21H27N3O/c1-2-22-11-13-23(14-12-22)15-17(25)16-24-20-9-5-3-7-18(20)19-8-4-6-10-21(19)24/h3-10,17,25H,2,11-16H2,1H3/t17-/m1/s1. The maximum Gasteiger partial charge on any atom is 0.0845 e. The highest BCUT2D eigenvalue weighted by molar-refractivity contribution is 6.07. The smallest absolute Gasteiger partial charge is 0.0845 e. The highest BCUT2D eigenvalue weighted by atomic mass is 16.3. The third-order valence-electron chi connectivity index (χ3n) is 5.45. The van der Waals surface area contributed by atoms with E-state index in [1.54, 1.807) is 0 Å². The van der Waals surface area contributed by atoms with Crippen molar-refractivity contribution in [3.05, 3.63) is 48.5 Å². The van der Waals surface area contributed by atoms with Crippen LogP contribution in [0.15, 0.2) is 48.5 Å². The zero-order chi connectivity index (χ0) is 17.2. The van der Waals surface area contributed by atoms with Gasteiger partial charge in [0, 0.05) is 54.5 Å². The maximum absolute atomic E-state index is 10.7.